The monoisotopic (exact) mass is 308 g/mol. The lowest BCUT2D eigenvalue weighted by molar-refractivity contribution is -0.140. The van der Waals surface area contributed by atoms with Crippen molar-refractivity contribution in [2.75, 3.05) is 0 Å². The van der Waals surface area contributed by atoms with Crippen LogP contribution in [0, 0.1) is 11.8 Å². The fourth-order valence-corrected chi connectivity index (χ4v) is 3.93. The molecule has 2 aliphatic carbocycles. The van der Waals surface area contributed by atoms with E-state index >= 15 is 0 Å². The quantitative estimate of drug-likeness (QED) is 0.917. The Morgan fingerprint density at radius 1 is 1.22 bits per heavy atom. The number of aliphatic carboxylic acids is 1. The predicted molar refractivity (Wildman–Crippen MR) is 73.5 cm³/mol. The fraction of sp³-hybridized carbons (Fsp3) is 0.533. The lowest BCUT2D eigenvalue weighted by Gasteiger charge is -2.16. The molecule has 0 aliphatic heterocycles. The minimum absolute atomic E-state index is 0.360. The second kappa shape index (κ2) is 4.37. The Hall–Kier alpha value is -0.830. The molecule has 0 radical (unpaired) electrons. The summed E-state index contributed by atoms with van der Waals surface area (Å²) in [6, 6.07) is 7.83. The molecule has 2 nitrogen and oxygen atoms in total. The maximum absolute atomic E-state index is 11.7. The van der Waals surface area contributed by atoms with Gasteiger partial charge in [-0.1, -0.05) is 53.7 Å². The van der Waals surface area contributed by atoms with E-state index in [9.17, 15) is 9.90 Å². The van der Waals surface area contributed by atoms with Crippen molar-refractivity contribution in [2.45, 2.75) is 37.5 Å². The van der Waals surface area contributed by atoms with Crippen LogP contribution >= 0.6 is 15.9 Å². The van der Waals surface area contributed by atoms with E-state index in [4.69, 9.17) is 0 Å². The van der Waals surface area contributed by atoms with Gasteiger partial charge < -0.3 is 5.11 Å². The third kappa shape index (κ3) is 1.80. The van der Waals surface area contributed by atoms with Crippen molar-refractivity contribution >= 4 is 21.9 Å². The van der Waals surface area contributed by atoms with E-state index < -0.39 is 11.4 Å². The molecule has 0 spiro atoms. The molecular formula is C15H17BrO2. The zero-order valence-electron chi connectivity index (χ0n) is 10.2. The lowest BCUT2D eigenvalue weighted by Crippen LogP contribution is -2.24. The van der Waals surface area contributed by atoms with Gasteiger partial charge in [0.1, 0.15) is 0 Å². The summed E-state index contributed by atoms with van der Waals surface area (Å²) < 4.78 is 1.00. The number of rotatable bonds is 3. The molecule has 0 aromatic heterocycles. The molecule has 2 atom stereocenters. The number of halogens is 1. The highest BCUT2D eigenvalue weighted by molar-refractivity contribution is 9.10. The normalized spacial score (nSPS) is 31.5. The molecule has 18 heavy (non-hydrogen) atoms. The van der Waals surface area contributed by atoms with Gasteiger partial charge in [-0.05, 0) is 36.0 Å². The average Bonchev–Trinajstić information content (AvgIpc) is 2.89. The second-order valence-corrected chi connectivity index (χ2v) is 6.55. The Bertz CT molecular complexity index is 462. The van der Waals surface area contributed by atoms with Crippen LogP contribution in [-0.2, 0) is 10.2 Å². The van der Waals surface area contributed by atoms with E-state index in [1.165, 1.54) is 25.7 Å². The molecule has 2 aliphatic rings. The molecule has 2 fully saturated rings. The summed E-state index contributed by atoms with van der Waals surface area (Å²) >= 11 is 3.40. The van der Waals surface area contributed by atoms with Crippen molar-refractivity contribution in [3.8, 4) is 0 Å². The fourth-order valence-electron chi connectivity index (χ4n) is 3.67. The Morgan fingerprint density at radius 3 is 2.39 bits per heavy atom. The van der Waals surface area contributed by atoms with E-state index in [-0.39, 0.29) is 0 Å². The molecule has 3 rings (SSSR count). The molecule has 0 saturated heterocycles. The van der Waals surface area contributed by atoms with Gasteiger partial charge in [0, 0.05) is 4.47 Å². The van der Waals surface area contributed by atoms with Crippen LogP contribution in [0.5, 0.6) is 0 Å². The summed E-state index contributed by atoms with van der Waals surface area (Å²) in [7, 11) is 0. The summed E-state index contributed by atoms with van der Waals surface area (Å²) in [5.74, 6) is 0.352. The highest BCUT2D eigenvalue weighted by atomic mass is 79.9. The molecule has 0 bridgehead atoms. The Labute approximate surface area is 116 Å². The molecular weight excluding hydrogens is 292 g/mol. The number of hydrogen-bond acceptors (Lipinski definition) is 1. The van der Waals surface area contributed by atoms with E-state index in [2.05, 4.69) is 15.9 Å². The van der Waals surface area contributed by atoms with Gasteiger partial charge in [-0.25, -0.2) is 0 Å². The number of carboxylic acid groups (broad SMARTS) is 1. The molecule has 1 aromatic rings. The Kier molecular flexibility index (Phi) is 2.97. The largest absolute Gasteiger partial charge is 0.481 e. The zero-order valence-corrected chi connectivity index (χ0v) is 11.8. The smallest absolute Gasteiger partial charge is 0.314 e. The number of hydrogen-bond donors (Lipinski definition) is 1. The molecule has 0 heterocycles. The maximum atomic E-state index is 11.7. The number of benzene rings is 1. The van der Waals surface area contributed by atoms with Crippen LogP contribution in [0.15, 0.2) is 28.7 Å². The summed E-state index contributed by atoms with van der Waals surface area (Å²) in [4.78, 5) is 11.7. The van der Waals surface area contributed by atoms with Gasteiger partial charge in [0.2, 0.25) is 0 Å². The third-order valence-electron chi connectivity index (χ3n) is 4.72. The lowest BCUT2D eigenvalue weighted by atomic mass is 9.87. The first-order valence-corrected chi connectivity index (χ1v) is 7.43. The molecule has 1 N–H and O–H groups in total. The van der Waals surface area contributed by atoms with Crippen LogP contribution in [0.4, 0.5) is 0 Å². The second-order valence-electron chi connectivity index (χ2n) is 5.64. The third-order valence-corrected chi connectivity index (χ3v) is 5.25. The van der Waals surface area contributed by atoms with Gasteiger partial charge in [-0.15, -0.1) is 0 Å². The standard InChI is InChI=1S/C15H17BrO2/c16-12-7-5-11(6-8-12)15(14(17)18)9-13(15)10-3-1-2-4-10/h5-8,10,13H,1-4,9H2,(H,17,18)/t13-,15-/m0/s1. The van der Waals surface area contributed by atoms with Crippen LogP contribution in [0.25, 0.3) is 0 Å². The summed E-state index contributed by atoms with van der Waals surface area (Å²) in [6.07, 6.45) is 5.81. The Balaban J connectivity index is 1.90. The minimum atomic E-state index is -0.637. The molecule has 3 heteroatoms. The Morgan fingerprint density at radius 2 is 1.83 bits per heavy atom. The van der Waals surface area contributed by atoms with Crippen molar-refractivity contribution in [3.05, 3.63) is 34.3 Å². The van der Waals surface area contributed by atoms with Gasteiger partial charge in [-0.2, -0.15) is 0 Å². The van der Waals surface area contributed by atoms with E-state index in [1.54, 1.807) is 0 Å². The molecule has 2 saturated carbocycles. The van der Waals surface area contributed by atoms with Crippen molar-refractivity contribution in [3.63, 3.8) is 0 Å². The van der Waals surface area contributed by atoms with Gasteiger partial charge in [0.25, 0.3) is 0 Å². The minimum Gasteiger partial charge on any atom is -0.481 e. The van der Waals surface area contributed by atoms with Crippen LogP contribution in [-0.4, -0.2) is 11.1 Å². The molecule has 0 unspecified atom stereocenters. The zero-order chi connectivity index (χ0) is 12.8. The first kappa shape index (κ1) is 12.2. The van der Waals surface area contributed by atoms with E-state index in [1.807, 2.05) is 24.3 Å². The first-order chi connectivity index (χ1) is 8.64. The van der Waals surface area contributed by atoms with Crippen molar-refractivity contribution < 1.29 is 9.90 Å². The summed E-state index contributed by atoms with van der Waals surface area (Å²) in [5, 5.41) is 9.65. The molecule has 96 valence electrons. The highest BCUT2D eigenvalue weighted by Gasteiger charge is 2.63. The van der Waals surface area contributed by atoms with E-state index in [0.29, 0.717) is 11.8 Å². The molecule has 0 amide bonds. The topological polar surface area (TPSA) is 37.3 Å². The first-order valence-electron chi connectivity index (χ1n) is 6.64. The van der Waals surface area contributed by atoms with Crippen molar-refractivity contribution in [1.29, 1.82) is 0 Å². The summed E-state index contributed by atoms with van der Waals surface area (Å²) in [5.41, 5.74) is 0.394. The highest BCUT2D eigenvalue weighted by Crippen LogP contribution is 2.61. The van der Waals surface area contributed by atoms with Crippen LogP contribution in [0.2, 0.25) is 0 Å². The van der Waals surface area contributed by atoms with Crippen LogP contribution in [0.3, 0.4) is 0 Å². The van der Waals surface area contributed by atoms with Gasteiger partial charge >= 0.3 is 5.97 Å². The average molecular weight is 309 g/mol. The maximum Gasteiger partial charge on any atom is 0.314 e. The van der Waals surface area contributed by atoms with Crippen molar-refractivity contribution in [1.82, 2.24) is 0 Å². The SMILES string of the molecule is O=C(O)[C@]1(c2ccc(Br)cc2)C[C@H]1C1CCCC1. The summed E-state index contributed by atoms with van der Waals surface area (Å²) in [6.45, 7) is 0. The van der Waals surface area contributed by atoms with E-state index in [0.717, 1.165) is 16.5 Å². The number of carboxylic acids is 1. The van der Waals surface area contributed by atoms with Crippen LogP contribution in [0.1, 0.15) is 37.7 Å². The van der Waals surface area contributed by atoms with Gasteiger partial charge in [0.05, 0.1) is 5.41 Å². The van der Waals surface area contributed by atoms with Crippen LogP contribution < -0.4 is 0 Å². The number of carbonyl (C=O) groups is 1. The van der Waals surface area contributed by atoms with Gasteiger partial charge in [0.15, 0.2) is 0 Å². The predicted octanol–water partition coefficient (Wildman–Crippen LogP) is 3.98. The van der Waals surface area contributed by atoms with Gasteiger partial charge in [-0.3, -0.25) is 4.79 Å². The molecule has 1 aromatic carbocycles. The van der Waals surface area contributed by atoms with Crippen molar-refractivity contribution in [2.24, 2.45) is 11.8 Å².